The third kappa shape index (κ3) is 8.37. The van der Waals surface area contributed by atoms with E-state index in [0.29, 0.717) is 29.2 Å². The van der Waals surface area contributed by atoms with Crippen LogP contribution in [-0.4, -0.2) is 47.4 Å². The monoisotopic (exact) mass is 688 g/mol. The largest absolute Gasteiger partial charge is 0.497 e. The molecule has 1 aliphatic rings. The SMILES string of the molecule is COc1cc(NC(C(=O)N2CCc3ccc(C(F)(F)F)cc32)c2ccc(Cl)cc2OCCOCc2ccccc2)cc(S(C)(=O)=O)c1. The second-order valence-corrected chi connectivity index (χ2v) is 13.3. The summed E-state index contributed by atoms with van der Waals surface area (Å²) in [4.78, 5) is 15.6. The van der Waals surface area contributed by atoms with Gasteiger partial charge in [0.2, 0.25) is 0 Å². The number of sulfone groups is 1. The van der Waals surface area contributed by atoms with E-state index in [1.807, 2.05) is 30.3 Å². The summed E-state index contributed by atoms with van der Waals surface area (Å²) in [6.45, 7) is 0.805. The number of nitrogens with zero attached hydrogens (tertiary/aromatic N) is 1. The van der Waals surface area contributed by atoms with E-state index in [2.05, 4.69) is 5.32 Å². The number of amides is 1. The van der Waals surface area contributed by atoms with Crippen molar-refractivity contribution in [2.24, 2.45) is 0 Å². The molecule has 0 spiro atoms. The third-order valence-electron chi connectivity index (χ3n) is 7.56. The highest BCUT2D eigenvalue weighted by Gasteiger charge is 2.37. The number of methoxy groups -OCH3 is 1. The summed E-state index contributed by atoms with van der Waals surface area (Å²) in [6.07, 6.45) is -3.21. The van der Waals surface area contributed by atoms with Gasteiger partial charge in [-0.2, -0.15) is 13.2 Å². The number of benzene rings is 4. The minimum Gasteiger partial charge on any atom is -0.497 e. The van der Waals surface area contributed by atoms with Gasteiger partial charge in [0.05, 0.1) is 30.8 Å². The minimum absolute atomic E-state index is 0.0602. The number of alkyl halides is 3. The number of hydrogen-bond acceptors (Lipinski definition) is 7. The minimum atomic E-state index is -4.60. The highest BCUT2D eigenvalue weighted by Crippen LogP contribution is 2.39. The Balaban J connectivity index is 1.50. The van der Waals surface area contributed by atoms with Gasteiger partial charge in [-0.25, -0.2) is 8.42 Å². The Kier molecular flexibility index (Phi) is 10.3. The Hall–Kier alpha value is -4.26. The molecule has 0 saturated heterocycles. The van der Waals surface area contributed by atoms with E-state index in [-0.39, 0.29) is 47.5 Å². The molecule has 0 radical (unpaired) electrons. The molecular weight excluding hydrogens is 657 g/mol. The summed E-state index contributed by atoms with van der Waals surface area (Å²) in [5.74, 6) is -0.133. The Morgan fingerprint density at radius 1 is 1.00 bits per heavy atom. The van der Waals surface area contributed by atoms with Crippen LogP contribution in [0.1, 0.15) is 28.3 Å². The molecule has 1 N–H and O–H groups in total. The van der Waals surface area contributed by atoms with Gasteiger partial charge in [-0.05, 0) is 53.9 Å². The van der Waals surface area contributed by atoms with Crippen LogP contribution in [0.3, 0.4) is 0 Å². The van der Waals surface area contributed by atoms with E-state index in [4.69, 9.17) is 25.8 Å². The summed E-state index contributed by atoms with van der Waals surface area (Å²) in [7, 11) is -2.31. The van der Waals surface area contributed by atoms with Gasteiger partial charge in [-0.3, -0.25) is 4.79 Å². The van der Waals surface area contributed by atoms with Gasteiger partial charge >= 0.3 is 6.18 Å². The molecule has 5 rings (SSSR count). The molecule has 1 heterocycles. The zero-order chi connectivity index (χ0) is 33.8. The zero-order valence-electron chi connectivity index (χ0n) is 25.5. The first-order chi connectivity index (χ1) is 22.3. The Bertz CT molecular complexity index is 1850. The zero-order valence-corrected chi connectivity index (χ0v) is 27.1. The van der Waals surface area contributed by atoms with Crippen molar-refractivity contribution in [2.75, 3.05) is 43.3 Å². The molecule has 0 aromatic heterocycles. The lowest BCUT2D eigenvalue weighted by molar-refractivity contribution is -0.137. The molecule has 4 aromatic carbocycles. The summed E-state index contributed by atoms with van der Waals surface area (Å²) >= 11 is 6.33. The fourth-order valence-electron chi connectivity index (χ4n) is 5.21. The predicted octanol–water partition coefficient (Wildman–Crippen LogP) is 7.11. The summed E-state index contributed by atoms with van der Waals surface area (Å²) < 4.78 is 83.0. The van der Waals surface area contributed by atoms with Crippen molar-refractivity contribution in [1.82, 2.24) is 0 Å². The molecule has 1 atom stereocenters. The van der Waals surface area contributed by atoms with Crippen LogP contribution in [0.2, 0.25) is 5.02 Å². The molecule has 0 bridgehead atoms. The van der Waals surface area contributed by atoms with E-state index in [9.17, 15) is 26.4 Å². The van der Waals surface area contributed by atoms with Crippen LogP contribution in [-0.2, 0) is 38.6 Å². The highest BCUT2D eigenvalue weighted by atomic mass is 35.5. The van der Waals surface area contributed by atoms with E-state index in [0.717, 1.165) is 24.0 Å². The van der Waals surface area contributed by atoms with Crippen molar-refractivity contribution >= 4 is 38.7 Å². The van der Waals surface area contributed by atoms with Crippen LogP contribution in [0, 0.1) is 0 Å². The fraction of sp³-hybridized carbons (Fsp3) is 0.265. The molecule has 13 heteroatoms. The molecular formula is C34H32ClF3N2O6S. The normalized spacial score (nSPS) is 13.6. The van der Waals surface area contributed by atoms with Gasteiger partial charge in [-0.15, -0.1) is 0 Å². The summed E-state index contributed by atoms with van der Waals surface area (Å²) in [5, 5.41) is 3.43. The van der Waals surface area contributed by atoms with Gasteiger partial charge < -0.3 is 24.4 Å². The third-order valence-corrected chi connectivity index (χ3v) is 8.89. The molecule has 1 unspecified atom stereocenters. The van der Waals surface area contributed by atoms with Crippen LogP contribution in [0.5, 0.6) is 11.5 Å². The molecule has 0 aliphatic carbocycles. The van der Waals surface area contributed by atoms with Gasteiger partial charge in [0, 0.05) is 40.8 Å². The predicted molar refractivity (Wildman–Crippen MR) is 173 cm³/mol. The van der Waals surface area contributed by atoms with Gasteiger partial charge in [0.15, 0.2) is 9.84 Å². The molecule has 1 amide bonds. The van der Waals surface area contributed by atoms with Crippen molar-refractivity contribution in [2.45, 2.75) is 30.1 Å². The average molecular weight is 689 g/mol. The Morgan fingerprint density at radius 3 is 2.47 bits per heavy atom. The smallest absolute Gasteiger partial charge is 0.416 e. The first kappa shape index (κ1) is 34.1. The lowest BCUT2D eigenvalue weighted by Crippen LogP contribution is -2.37. The number of nitrogens with one attached hydrogen (secondary N) is 1. The number of halogens is 4. The van der Waals surface area contributed by atoms with Crippen molar-refractivity contribution in [1.29, 1.82) is 0 Å². The number of anilines is 2. The average Bonchev–Trinajstić information content (AvgIpc) is 3.46. The first-order valence-corrected chi connectivity index (χ1v) is 16.8. The second kappa shape index (κ2) is 14.2. The van der Waals surface area contributed by atoms with Crippen LogP contribution < -0.4 is 19.7 Å². The molecule has 4 aromatic rings. The number of carbonyl (C=O) groups excluding carboxylic acids is 1. The number of carbonyl (C=O) groups is 1. The van der Waals surface area contributed by atoms with Crippen LogP contribution >= 0.6 is 11.6 Å². The lowest BCUT2D eigenvalue weighted by Gasteiger charge is -2.28. The topological polar surface area (TPSA) is 94.2 Å². The maximum atomic E-state index is 14.4. The van der Waals surface area contributed by atoms with Crippen molar-refractivity contribution in [3.8, 4) is 11.5 Å². The first-order valence-electron chi connectivity index (χ1n) is 14.5. The van der Waals surface area contributed by atoms with Crippen LogP contribution in [0.4, 0.5) is 24.5 Å². The van der Waals surface area contributed by atoms with Crippen molar-refractivity contribution in [3.63, 3.8) is 0 Å². The molecule has 0 saturated carbocycles. The van der Waals surface area contributed by atoms with E-state index in [1.54, 1.807) is 12.1 Å². The lowest BCUT2D eigenvalue weighted by atomic mass is 10.0. The Morgan fingerprint density at radius 2 is 1.77 bits per heavy atom. The van der Waals surface area contributed by atoms with Gasteiger partial charge in [0.1, 0.15) is 24.1 Å². The van der Waals surface area contributed by atoms with E-state index < -0.39 is 33.5 Å². The molecule has 248 valence electrons. The van der Waals surface area contributed by atoms with Crippen molar-refractivity contribution < 1.29 is 40.6 Å². The molecule has 0 fully saturated rings. The number of ether oxygens (including phenoxy) is 3. The maximum absolute atomic E-state index is 14.4. The molecule has 47 heavy (non-hydrogen) atoms. The van der Waals surface area contributed by atoms with Crippen molar-refractivity contribution in [3.05, 3.63) is 112 Å². The highest BCUT2D eigenvalue weighted by molar-refractivity contribution is 7.90. The molecule has 1 aliphatic heterocycles. The number of hydrogen-bond donors (Lipinski definition) is 1. The Labute approximate surface area is 275 Å². The fourth-order valence-corrected chi connectivity index (χ4v) is 6.05. The van der Waals surface area contributed by atoms with Gasteiger partial charge in [0.25, 0.3) is 5.91 Å². The summed E-state index contributed by atoms with van der Waals surface area (Å²) in [6, 6.07) is 20.6. The number of rotatable bonds is 12. The second-order valence-electron chi connectivity index (χ2n) is 10.9. The summed E-state index contributed by atoms with van der Waals surface area (Å²) in [5.41, 5.74) is 1.39. The standard InChI is InChI=1S/C34H32ClF3N2O6S/c1-44-27-18-26(19-28(20-27)47(2,42)43)39-32(33(41)40-13-12-23-8-9-24(16-30(23)40)34(36,37)38)29-11-10-25(35)17-31(29)46-15-14-45-21-22-6-4-3-5-7-22/h3-11,16-20,32,39H,12-15,21H2,1-2H3. The van der Waals surface area contributed by atoms with E-state index >= 15 is 0 Å². The van der Waals surface area contributed by atoms with Gasteiger partial charge in [-0.1, -0.05) is 54.1 Å². The van der Waals surface area contributed by atoms with Crippen LogP contribution in [0.25, 0.3) is 0 Å². The maximum Gasteiger partial charge on any atom is 0.416 e. The number of fused-ring (bicyclic) bond motifs is 1. The van der Waals surface area contributed by atoms with E-state index in [1.165, 1.54) is 42.3 Å². The quantitative estimate of drug-likeness (QED) is 0.159. The van der Waals surface area contributed by atoms with Crippen LogP contribution in [0.15, 0.2) is 89.8 Å². The molecule has 8 nitrogen and oxygen atoms in total.